The molecule has 0 saturated heterocycles. The lowest BCUT2D eigenvalue weighted by atomic mass is 10.3. The summed E-state index contributed by atoms with van der Waals surface area (Å²) in [6, 6.07) is 0. The number of H-pyrrole nitrogens is 1. The van der Waals surface area contributed by atoms with Gasteiger partial charge in [0, 0.05) is 0 Å². The van der Waals surface area contributed by atoms with Crippen molar-refractivity contribution in [1.29, 1.82) is 0 Å². The van der Waals surface area contributed by atoms with Crippen LogP contribution in [0.2, 0.25) is 0 Å². The van der Waals surface area contributed by atoms with Gasteiger partial charge in [-0.3, -0.25) is 14.6 Å². The smallest absolute Gasteiger partial charge is 0.280 e. The predicted molar refractivity (Wildman–Crippen MR) is 75.6 cm³/mol. The first kappa shape index (κ1) is 13.9. The molecule has 0 saturated carbocycles. The van der Waals surface area contributed by atoms with Gasteiger partial charge >= 0.3 is 0 Å². The van der Waals surface area contributed by atoms with E-state index in [0.29, 0.717) is 0 Å². The molecule has 0 aliphatic carbocycles. The Balaban J connectivity index is 2.42. The number of carbonyl (C=O) groups is 1. The number of nitrogens with one attached hydrogen (secondary N) is 2. The Kier molecular flexibility index (Phi) is 4.12. The van der Waals surface area contributed by atoms with Gasteiger partial charge in [-0.2, -0.15) is 17.6 Å². The van der Waals surface area contributed by atoms with Crippen LogP contribution in [0.15, 0.2) is 11.1 Å². The van der Waals surface area contributed by atoms with Crippen LogP contribution in [0.25, 0.3) is 11.2 Å². The van der Waals surface area contributed by atoms with Crippen LogP contribution in [0, 0.1) is 0 Å². The Labute approximate surface area is 118 Å². The second-order valence-electron chi connectivity index (χ2n) is 3.74. The molecule has 2 aromatic heterocycles. The van der Waals surface area contributed by atoms with Gasteiger partial charge in [0.05, 0.1) is 24.7 Å². The predicted octanol–water partition coefficient (Wildman–Crippen LogP) is -0.764. The molecular weight excluding hydrogens is 290 g/mol. The van der Waals surface area contributed by atoms with Crippen LogP contribution < -0.4 is 10.3 Å². The molecule has 8 nitrogen and oxygen atoms in total. The number of nitrogens with zero attached hydrogens (tertiary/aromatic N) is 3. The van der Waals surface area contributed by atoms with Gasteiger partial charge in [0.25, 0.3) is 5.56 Å². The zero-order chi connectivity index (χ0) is 14.0. The second-order valence-corrected chi connectivity index (χ2v) is 4.58. The maximum absolute atomic E-state index is 11.7. The molecule has 0 radical (unpaired) electrons. The standard InChI is InChI=1S/C9H11N5O3S2/c15-2-5(18)4(16)1-14-3-10-6-7(14)11-9(13-19)12-8(6)17/h3,5,15,18-19H,1-2H2,(H2,11,12,13,17). The molecule has 0 aromatic carbocycles. The van der Waals surface area contributed by atoms with Gasteiger partial charge in [0.2, 0.25) is 5.95 Å². The minimum atomic E-state index is -0.776. The number of Topliss-reactive ketones (excluding diaryl/α,β-unsaturated/α-hetero) is 1. The highest BCUT2D eigenvalue weighted by Crippen LogP contribution is 2.09. The number of ketones is 1. The molecular formula is C9H11N5O3S2. The van der Waals surface area contributed by atoms with E-state index >= 15 is 0 Å². The molecule has 1 atom stereocenters. The lowest BCUT2D eigenvalue weighted by Crippen LogP contribution is -2.23. The van der Waals surface area contributed by atoms with Crippen molar-refractivity contribution in [3.63, 3.8) is 0 Å². The lowest BCUT2D eigenvalue weighted by Gasteiger charge is -2.07. The van der Waals surface area contributed by atoms with E-state index in [1.807, 2.05) is 0 Å². The van der Waals surface area contributed by atoms with Crippen molar-refractivity contribution in [2.75, 3.05) is 11.3 Å². The molecule has 0 spiro atoms. The van der Waals surface area contributed by atoms with Crippen molar-refractivity contribution >= 4 is 48.3 Å². The summed E-state index contributed by atoms with van der Waals surface area (Å²) in [6.45, 7) is -0.431. The molecule has 102 valence electrons. The van der Waals surface area contributed by atoms with E-state index in [4.69, 9.17) is 5.11 Å². The molecule has 0 amide bonds. The first-order valence-corrected chi connectivity index (χ1v) is 6.20. The number of carbonyl (C=O) groups excluding carboxylic acids is 1. The lowest BCUT2D eigenvalue weighted by molar-refractivity contribution is -0.119. The normalized spacial score (nSPS) is 12.6. The summed E-state index contributed by atoms with van der Waals surface area (Å²) in [5, 5.41) is 8.08. The van der Waals surface area contributed by atoms with E-state index in [-0.39, 0.29) is 36.0 Å². The summed E-state index contributed by atoms with van der Waals surface area (Å²) in [5.41, 5.74) is -0.0516. The molecule has 3 N–H and O–H groups in total. The van der Waals surface area contributed by atoms with Crippen molar-refractivity contribution in [1.82, 2.24) is 19.5 Å². The van der Waals surface area contributed by atoms with E-state index in [2.05, 4.69) is 45.1 Å². The van der Waals surface area contributed by atoms with Crippen molar-refractivity contribution in [3.05, 3.63) is 16.7 Å². The van der Waals surface area contributed by atoms with E-state index in [9.17, 15) is 9.59 Å². The summed E-state index contributed by atoms with van der Waals surface area (Å²) < 4.78 is 3.83. The molecule has 19 heavy (non-hydrogen) atoms. The first-order chi connectivity index (χ1) is 9.06. The average molecular weight is 301 g/mol. The zero-order valence-corrected chi connectivity index (χ0v) is 11.4. The topological polar surface area (TPSA) is 113 Å². The molecule has 2 rings (SSSR count). The fourth-order valence-electron chi connectivity index (χ4n) is 1.50. The van der Waals surface area contributed by atoms with Crippen LogP contribution >= 0.6 is 25.4 Å². The van der Waals surface area contributed by atoms with Crippen LogP contribution in [0.3, 0.4) is 0 Å². The van der Waals surface area contributed by atoms with Gasteiger partial charge in [-0.1, -0.05) is 12.8 Å². The molecule has 2 aromatic rings. The van der Waals surface area contributed by atoms with Crippen molar-refractivity contribution in [3.8, 4) is 0 Å². The van der Waals surface area contributed by atoms with Crippen LogP contribution in [-0.2, 0) is 11.3 Å². The Morgan fingerprint density at radius 3 is 3.00 bits per heavy atom. The Bertz CT molecular complexity index is 667. The van der Waals surface area contributed by atoms with Crippen LogP contribution in [0.4, 0.5) is 5.95 Å². The highest BCUT2D eigenvalue weighted by molar-refractivity contribution is 7.82. The third-order valence-corrected chi connectivity index (χ3v) is 3.11. The number of aromatic nitrogens is 4. The third-order valence-electron chi connectivity index (χ3n) is 2.45. The summed E-state index contributed by atoms with van der Waals surface area (Å²) in [7, 11) is 0. The number of thiol groups is 2. The highest BCUT2D eigenvalue weighted by atomic mass is 32.1. The van der Waals surface area contributed by atoms with E-state index in [1.165, 1.54) is 10.9 Å². The SMILES string of the molecule is O=C(Cn1cnc2c(=O)[nH]c(NS)nc21)C(S)CO. The van der Waals surface area contributed by atoms with Crippen LogP contribution in [0.5, 0.6) is 0 Å². The average Bonchev–Trinajstić information content (AvgIpc) is 2.81. The maximum Gasteiger partial charge on any atom is 0.280 e. The highest BCUT2D eigenvalue weighted by Gasteiger charge is 2.16. The monoisotopic (exact) mass is 301 g/mol. The van der Waals surface area contributed by atoms with Gasteiger partial charge in [0.15, 0.2) is 16.9 Å². The largest absolute Gasteiger partial charge is 0.395 e. The number of aliphatic hydroxyl groups excluding tert-OH is 1. The van der Waals surface area contributed by atoms with Crippen LogP contribution in [-0.4, -0.2) is 42.3 Å². The van der Waals surface area contributed by atoms with Gasteiger partial charge in [-0.25, -0.2) is 4.98 Å². The third kappa shape index (κ3) is 2.74. The zero-order valence-electron chi connectivity index (χ0n) is 9.57. The number of aliphatic hydroxyl groups is 1. The van der Waals surface area contributed by atoms with Gasteiger partial charge in [-0.15, -0.1) is 0 Å². The van der Waals surface area contributed by atoms with Gasteiger partial charge in [-0.05, 0) is 0 Å². The summed E-state index contributed by atoms with van der Waals surface area (Å²) >= 11 is 7.73. The minimum absolute atomic E-state index is 0.0757. The fraction of sp³-hybridized carbons (Fsp3) is 0.333. The van der Waals surface area contributed by atoms with Gasteiger partial charge < -0.3 is 14.4 Å². The molecule has 10 heteroatoms. The Morgan fingerprint density at radius 2 is 2.37 bits per heavy atom. The number of aromatic amines is 1. The maximum atomic E-state index is 11.7. The number of imidazole rings is 1. The summed E-state index contributed by atoms with van der Waals surface area (Å²) in [5.74, 6) is -0.146. The molecule has 0 bridgehead atoms. The van der Waals surface area contributed by atoms with E-state index in [1.54, 1.807) is 0 Å². The Hall–Kier alpha value is -1.52. The Morgan fingerprint density at radius 1 is 1.63 bits per heavy atom. The van der Waals surface area contributed by atoms with Crippen molar-refractivity contribution in [2.24, 2.45) is 0 Å². The second kappa shape index (κ2) is 5.63. The van der Waals surface area contributed by atoms with Crippen molar-refractivity contribution < 1.29 is 9.90 Å². The number of rotatable bonds is 5. The van der Waals surface area contributed by atoms with E-state index < -0.39 is 10.8 Å². The molecule has 0 aliphatic rings. The summed E-state index contributed by atoms with van der Waals surface area (Å²) in [4.78, 5) is 33.8. The number of hydrogen-bond acceptors (Lipinski definition) is 8. The summed E-state index contributed by atoms with van der Waals surface area (Å²) in [6.07, 6.45) is 1.34. The van der Waals surface area contributed by atoms with Crippen LogP contribution in [0.1, 0.15) is 0 Å². The quantitative estimate of drug-likeness (QED) is 0.464. The first-order valence-electron chi connectivity index (χ1n) is 5.23. The van der Waals surface area contributed by atoms with Gasteiger partial charge in [0.1, 0.15) is 0 Å². The number of fused-ring (bicyclic) bond motifs is 1. The number of hydrogen-bond donors (Lipinski definition) is 5. The minimum Gasteiger partial charge on any atom is -0.395 e. The molecule has 1 unspecified atom stereocenters. The van der Waals surface area contributed by atoms with Crippen molar-refractivity contribution in [2.45, 2.75) is 11.8 Å². The molecule has 0 aliphatic heterocycles. The molecule has 2 heterocycles. The molecule has 0 fully saturated rings. The fourth-order valence-corrected chi connectivity index (χ4v) is 1.69. The number of anilines is 1. The van der Waals surface area contributed by atoms with E-state index in [0.717, 1.165) is 0 Å².